The molecule has 1 saturated heterocycles. The maximum absolute atomic E-state index is 12.2. The summed E-state index contributed by atoms with van der Waals surface area (Å²) in [4.78, 5) is 35.4. The molecule has 2 atom stereocenters. The number of β-amino-alcohol motifs (C(OH)–C–C–N with tert-alkyl or cyclic N) is 1. The number of benzene rings is 1. The molecule has 9 nitrogen and oxygen atoms in total. The third-order valence-corrected chi connectivity index (χ3v) is 5.86. The second-order valence-corrected chi connectivity index (χ2v) is 8.09. The van der Waals surface area contributed by atoms with E-state index in [0.29, 0.717) is 19.6 Å². The maximum atomic E-state index is 12.2. The van der Waals surface area contributed by atoms with Gasteiger partial charge in [0.1, 0.15) is 12.0 Å². The molecule has 2 aliphatic rings. The standard InChI is InChI=1S/C22H28N6O3/c1-15(29)28-11-17(12-28)26-21-19-5-3-2-4-16(19)7-9-27(21)13-18(30)10-24-22(31)20-6-8-23-14-25-20/h2-6,8,14,17-18,21,26,30H,7,9-13H2,1H3,(H,24,31)/t18-,21-/m0/s1. The monoisotopic (exact) mass is 424 g/mol. The molecule has 31 heavy (non-hydrogen) atoms. The molecule has 164 valence electrons. The van der Waals surface area contributed by atoms with Gasteiger partial charge in [-0.2, -0.15) is 0 Å². The van der Waals surface area contributed by atoms with Gasteiger partial charge in [0.15, 0.2) is 0 Å². The number of fused-ring (bicyclic) bond motifs is 1. The fourth-order valence-corrected chi connectivity index (χ4v) is 4.14. The van der Waals surface area contributed by atoms with Crippen LogP contribution < -0.4 is 10.6 Å². The smallest absolute Gasteiger partial charge is 0.270 e. The van der Waals surface area contributed by atoms with E-state index in [1.54, 1.807) is 6.92 Å². The van der Waals surface area contributed by atoms with Gasteiger partial charge in [0.05, 0.1) is 12.3 Å². The third-order valence-electron chi connectivity index (χ3n) is 5.86. The van der Waals surface area contributed by atoms with Gasteiger partial charge in [0.25, 0.3) is 5.91 Å². The molecule has 0 saturated carbocycles. The van der Waals surface area contributed by atoms with Crippen LogP contribution in [0.1, 0.15) is 34.7 Å². The van der Waals surface area contributed by atoms with Gasteiger partial charge in [-0.25, -0.2) is 9.97 Å². The molecule has 9 heteroatoms. The molecule has 2 aromatic rings. The molecule has 0 aliphatic carbocycles. The summed E-state index contributed by atoms with van der Waals surface area (Å²) in [6.07, 6.45) is 2.96. The highest BCUT2D eigenvalue weighted by Crippen LogP contribution is 2.29. The van der Waals surface area contributed by atoms with E-state index in [1.165, 1.54) is 29.7 Å². The second kappa shape index (κ2) is 9.51. The molecule has 2 amide bonds. The molecular formula is C22H28N6O3. The molecule has 2 aliphatic heterocycles. The lowest BCUT2D eigenvalue weighted by atomic mass is 9.95. The van der Waals surface area contributed by atoms with E-state index in [1.807, 2.05) is 17.0 Å². The van der Waals surface area contributed by atoms with Gasteiger partial charge in [0, 0.05) is 51.9 Å². The first-order valence-electron chi connectivity index (χ1n) is 10.6. The molecule has 1 aromatic carbocycles. The number of aliphatic hydroxyl groups is 1. The molecular weight excluding hydrogens is 396 g/mol. The molecule has 3 heterocycles. The van der Waals surface area contributed by atoms with Crippen LogP contribution >= 0.6 is 0 Å². The quantitative estimate of drug-likeness (QED) is 0.571. The number of aliphatic hydroxyl groups excluding tert-OH is 1. The first-order chi connectivity index (χ1) is 15.0. The lowest BCUT2D eigenvalue weighted by molar-refractivity contribution is -0.134. The van der Waals surface area contributed by atoms with Crippen molar-refractivity contribution in [2.24, 2.45) is 0 Å². The number of likely N-dealkylation sites (tertiary alicyclic amines) is 1. The second-order valence-electron chi connectivity index (χ2n) is 8.09. The highest BCUT2D eigenvalue weighted by molar-refractivity contribution is 5.92. The average molecular weight is 425 g/mol. The predicted octanol–water partition coefficient (Wildman–Crippen LogP) is -0.0555. The van der Waals surface area contributed by atoms with Gasteiger partial charge in [-0.15, -0.1) is 0 Å². The van der Waals surface area contributed by atoms with Crippen LogP contribution in [0.25, 0.3) is 0 Å². The van der Waals surface area contributed by atoms with E-state index in [4.69, 9.17) is 0 Å². The SMILES string of the molecule is CC(=O)N1CC(N[C@@H]2c3ccccc3CCN2C[C@@H](O)CNC(=O)c2ccncn2)C1. The van der Waals surface area contributed by atoms with Crippen LogP contribution in [0, 0.1) is 0 Å². The summed E-state index contributed by atoms with van der Waals surface area (Å²) >= 11 is 0. The van der Waals surface area contributed by atoms with Gasteiger partial charge in [-0.1, -0.05) is 24.3 Å². The van der Waals surface area contributed by atoms with Crippen molar-refractivity contribution in [1.82, 2.24) is 30.4 Å². The molecule has 1 aromatic heterocycles. The average Bonchev–Trinajstić information content (AvgIpc) is 2.75. The largest absolute Gasteiger partial charge is 0.390 e. The minimum Gasteiger partial charge on any atom is -0.390 e. The predicted molar refractivity (Wildman–Crippen MR) is 114 cm³/mol. The van der Waals surface area contributed by atoms with Crippen LogP contribution in [-0.4, -0.2) is 81.6 Å². The van der Waals surface area contributed by atoms with Gasteiger partial charge < -0.3 is 15.3 Å². The summed E-state index contributed by atoms with van der Waals surface area (Å²) in [6, 6.07) is 10.1. The van der Waals surface area contributed by atoms with Crippen LogP contribution in [0.2, 0.25) is 0 Å². The molecule has 4 rings (SSSR count). The van der Waals surface area contributed by atoms with Crippen molar-refractivity contribution in [2.45, 2.75) is 31.7 Å². The maximum Gasteiger partial charge on any atom is 0.270 e. The zero-order valence-electron chi connectivity index (χ0n) is 17.6. The Morgan fingerprint density at radius 2 is 2.06 bits per heavy atom. The first-order valence-corrected chi connectivity index (χ1v) is 10.6. The van der Waals surface area contributed by atoms with Crippen molar-refractivity contribution in [3.8, 4) is 0 Å². The molecule has 3 N–H and O–H groups in total. The number of aromatic nitrogens is 2. The van der Waals surface area contributed by atoms with Gasteiger partial charge in [-0.3, -0.25) is 19.8 Å². The fourth-order valence-electron chi connectivity index (χ4n) is 4.14. The summed E-state index contributed by atoms with van der Waals surface area (Å²) < 4.78 is 0. The Kier molecular flexibility index (Phi) is 6.55. The number of carbonyl (C=O) groups is 2. The number of hydrogen-bond acceptors (Lipinski definition) is 7. The summed E-state index contributed by atoms with van der Waals surface area (Å²) in [7, 11) is 0. The zero-order valence-corrected chi connectivity index (χ0v) is 17.6. The number of carbonyl (C=O) groups excluding carboxylic acids is 2. The van der Waals surface area contributed by atoms with Gasteiger partial charge in [0.2, 0.25) is 5.91 Å². The number of amides is 2. The minimum absolute atomic E-state index is 0.0451. The van der Waals surface area contributed by atoms with Crippen LogP contribution in [-0.2, 0) is 11.2 Å². The Bertz CT molecular complexity index is 918. The number of hydrogen-bond donors (Lipinski definition) is 3. The fraction of sp³-hybridized carbons (Fsp3) is 0.455. The molecule has 0 spiro atoms. The molecule has 1 fully saturated rings. The van der Waals surface area contributed by atoms with Crippen LogP contribution in [0.15, 0.2) is 42.9 Å². The summed E-state index contributed by atoms with van der Waals surface area (Å²) in [5.74, 6) is -0.243. The Hall–Kier alpha value is -2.88. The Morgan fingerprint density at radius 3 is 2.81 bits per heavy atom. The summed E-state index contributed by atoms with van der Waals surface area (Å²) in [5, 5.41) is 17.0. The molecule has 0 unspecified atom stereocenters. The van der Waals surface area contributed by atoms with E-state index >= 15 is 0 Å². The van der Waals surface area contributed by atoms with E-state index in [2.05, 4.69) is 37.6 Å². The topological polar surface area (TPSA) is 111 Å². The lowest BCUT2D eigenvalue weighted by Crippen LogP contribution is -2.62. The Morgan fingerprint density at radius 1 is 1.26 bits per heavy atom. The first kappa shape index (κ1) is 21.4. The van der Waals surface area contributed by atoms with Crippen LogP contribution in [0.5, 0.6) is 0 Å². The zero-order chi connectivity index (χ0) is 21.8. The number of rotatable bonds is 7. The van der Waals surface area contributed by atoms with Crippen molar-refractivity contribution in [3.05, 3.63) is 59.7 Å². The van der Waals surface area contributed by atoms with Crippen molar-refractivity contribution < 1.29 is 14.7 Å². The van der Waals surface area contributed by atoms with E-state index in [9.17, 15) is 14.7 Å². The van der Waals surface area contributed by atoms with E-state index in [-0.39, 0.29) is 36.3 Å². The van der Waals surface area contributed by atoms with Crippen molar-refractivity contribution in [2.75, 3.05) is 32.7 Å². The Balaban J connectivity index is 1.37. The van der Waals surface area contributed by atoms with Gasteiger partial charge >= 0.3 is 0 Å². The number of nitrogens with zero attached hydrogens (tertiary/aromatic N) is 4. The third kappa shape index (κ3) is 5.07. The van der Waals surface area contributed by atoms with Gasteiger partial charge in [-0.05, 0) is 23.6 Å². The molecule has 0 bridgehead atoms. The summed E-state index contributed by atoms with van der Waals surface area (Å²) in [5.41, 5.74) is 2.77. The highest BCUT2D eigenvalue weighted by atomic mass is 16.3. The van der Waals surface area contributed by atoms with E-state index in [0.717, 1.165) is 13.0 Å². The highest BCUT2D eigenvalue weighted by Gasteiger charge is 2.35. The van der Waals surface area contributed by atoms with E-state index < -0.39 is 6.10 Å². The van der Waals surface area contributed by atoms with Crippen LogP contribution in [0.4, 0.5) is 0 Å². The van der Waals surface area contributed by atoms with Crippen molar-refractivity contribution in [3.63, 3.8) is 0 Å². The molecule has 0 radical (unpaired) electrons. The Labute approximate surface area is 181 Å². The lowest BCUT2D eigenvalue weighted by Gasteiger charge is -2.45. The number of nitrogens with one attached hydrogen (secondary N) is 2. The van der Waals surface area contributed by atoms with Crippen molar-refractivity contribution >= 4 is 11.8 Å². The van der Waals surface area contributed by atoms with Crippen molar-refractivity contribution in [1.29, 1.82) is 0 Å². The minimum atomic E-state index is -0.726. The van der Waals surface area contributed by atoms with Crippen LogP contribution in [0.3, 0.4) is 0 Å². The summed E-state index contributed by atoms with van der Waals surface area (Å²) in [6.45, 7) is 4.33. The normalized spacial score (nSPS) is 19.9.